The molecule has 0 radical (unpaired) electrons. The predicted octanol–water partition coefficient (Wildman–Crippen LogP) is 5.16. The fraction of sp³-hybridized carbons (Fsp3) is 0.294. The van der Waals surface area contributed by atoms with Crippen LogP contribution in [0.1, 0.15) is 26.3 Å². The van der Waals surface area contributed by atoms with Crippen molar-refractivity contribution in [2.75, 3.05) is 0 Å². The van der Waals surface area contributed by atoms with Gasteiger partial charge in [-0.2, -0.15) is 0 Å². The Morgan fingerprint density at radius 1 is 1.10 bits per heavy atom. The lowest BCUT2D eigenvalue weighted by molar-refractivity contribution is 0.404. The van der Waals surface area contributed by atoms with Gasteiger partial charge >= 0.3 is 0 Å². The first-order chi connectivity index (χ1) is 9.85. The lowest BCUT2D eigenvalue weighted by Crippen LogP contribution is -2.35. The molecule has 2 aromatic rings. The average Bonchev–Trinajstić information content (AvgIpc) is 2.41. The fourth-order valence-electron chi connectivity index (χ4n) is 1.79. The number of hydrogen-bond acceptors (Lipinski definition) is 2. The van der Waals surface area contributed by atoms with Crippen LogP contribution in [0, 0.1) is 5.82 Å². The van der Waals surface area contributed by atoms with E-state index in [9.17, 15) is 4.39 Å². The summed E-state index contributed by atoms with van der Waals surface area (Å²) in [5.74, 6) is 0.427. The normalized spacial score (nSPS) is 11.5. The average molecular weight is 308 g/mol. The summed E-state index contributed by atoms with van der Waals surface area (Å²) >= 11 is 5.84. The highest BCUT2D eigenvalue weighted by molar-refractivity contribution is 6.30. The minimum absolute atomic E-state index is 0.0517. The van der Waals surface area contributed by atoms with Crippen molar-refractivity contribution >= 4 is 11.6 Å². The van der Waals surface area contributed by atoms with Crippen molar-refractivity contribution in [3.63, 3.8) is 0 Å². The van der Waals surface area contributed by atoms with Crippen LogP contribution < -0.4 is 10.1 Å². The SMILES string of the molecule is CC(C)(C)NCc1cccc(F)c1Oc1ccc(Cl)cc1. The van der Waals surface area contributed by atoms with Gasteiger partial charge < -0.3 is 10.1 Å². The second-order valence-corrected chi connectivity index (χ2v) is 6.32. The number of nitrogens with one attached hydrogen (secondary N) is 1. The van der Waals surface area contributed by atoms with Crippen LogP contribution in [-0.2, 0) is 6.54 Å². The molecular formula is C17H19ClFNO. The second kappa shape index (κ2) is 6.46. The van der Waals surface area contributed by atoms with Gasteiger partial charge in [0.25, 0.3) is 0 Å². The molecule has 0 unspecified atom stereocenters. The van der Waals surface area contributed by atoms with Crippen molar-refractivity contribution in [3.8, 4) is 11.5 Å². The molecule has 112 valence electrons. The monoisotopic (exact) mass is 307 g/mol. The number of benzene rings is 2. The Bertz CT molecular complexity index is 605. The van der Waals surface area contributed by atoms with Crippen molar-refractivity contribution in [1.82, 2.24) is 5.32 Å². The molecule has 0 bridgehead atoms. The molecule has 0 spiro atoms. The minimum Gasteiger partial charge on any atom is -0.454 e. The molecule has 2 aromatic carbocycles. The Morgan fingerprint density at radius 2 is 1.76 bits per heavy atom. The predicted molar refractivity (Wildman–Crippen MR) is 84.5 cm³/mol. The molecule has 2 nitrogen and oxygen atoms in total. The van der Waals surface area contributed by atoms with Crippen LogP contribution in [0.5, 0.6) is 11.5 Å². The molecule has 2 rings (SSSR count). The lowest BCUT2D eigenvalue weighted by atomic mass is 10.1. The molecule has 0 fully saturated rings. The van der Waals surface area contributed by atoms with Crippen LogP contribution in [-0.4, -0.2) is 5.54 Å². The highest BCUT2D eigenvalue weighted by Crippen LogP contribution is 2.29. The summed E-state index contributed by atoms with van der Waals surface area (Å²) in [6, 6.07) is 11.8. The number of ether oxygens (including phenoxy) is 1. The zero-order chi connectivity index (χ0) is 15.5. The van der Waals surface area contributed by atoms with Gasteiger partial charge in [0, 0.05) is 22.7 Å². The van der Waals surface area contributed by atoms with E-state index in [-0.39, 0.29) is 17.1 Å². The summed E-state index contributed by atoms with van der Waals surface area (Å²) in [6.07, 6.45) is 0. The molecule has 1 N–H and O–H groups in total. The Balaban J connectivity index is 2.23. The standard InChI is InChI=1S/C17H19ClFNO/c1-17(2,3)20-11-12-5-4-6-15(19)16(12)21-14-9-7-13(18)8-10-14/h4-10,20H,11H2,1-3H3. The maximum Gasteiger partial charge on any atom is 0.167 e. The van der Waals surface area contributed by atoms with Gasteiger partial charge in [0.05, 0.1) is 0 Å². The molecule has 21 heavy (non-hydrogen) atoms. The van der Waals surface area contributed by atoms with Crippen molar-refractivity contribution in [3.05, 3.63) is 58.9 Å². The second-order valence-electron chi connectivity index (χ2n) is 5.89. The molecule has 0 amide bonds. The van der Waals surface area contributed by atoms with Crippen LogP contribution in [0.4, 0.5) is 4.39 Å². The van der Waals surface area contributed by atoms with Crippen molar-refractivity contribution in [2.24, 2.45) is 0 Å². The quantitative estimate of drug-likeness (QED) is 0.842. The van der Waals surface area contributed by atoms with Gasteiger partial charge in [-0.1, -0.05) is 23.7 Å². The van der Waals surface area contributed by atoms with Crippen molar-refractivity contribution < 1.29 is 9.13 Å². The first-order valence-electron chi connectivity index (χ1n) is 6.81. The fourth-order valence-corrected chi connectivity index (χ4v) is 1.91. The van der Waals surface area contributed by atoms with Gasteiger partial charge in [-0.3, -0.25) is 0 Å². The molecule has 0 atom stereocenters. The van der Waals surface area contributed by atoms with Gasteiger partial charge in [-0.25, -0.2) is 4.39 Å². The third kappa shape index (κ3) is 4.73. The highest BCUT2D eigenvalue weighted by Gasteiger charge is 2.14. The molecule has 0 heterocycles. The maximum atomic E-state index is 14.1. The van der Waals surface area contributed by atoms with Crippen molar-refractivity contribution in [2.45, 2.75) is 32.9 Å². The van der Waals surface area contributed by atoms with E-state index in [4.69, 9.17) is 16.3 Å². The molecule has 0 aliphatic rings. The van der Waals surface area contributed by atoms with Crippen LogP contribution in [0.3, 0.4) is 0 Å². The summed E-state index contributed by atoms with van der Waals surface area (Å²) in [5.41, 5.74) is 0.726. The topological polar surface area (TPSA) is 21.3 Å². The van der Waals surface area contributed by atoms with E-state index in [1.54, 1.807) is 30.3 Å². The largest absolute Gasteiger partial charge is 0.454 e. The Morgan fingerprint density at radius 3 is 2.38 bits per heavy atom. The van der Waals surface area contributed by atoms with Gasteiger partial charge in [0.2, 0.25) is 0 Å². The highest BCUT2D eigenvalue weighted by atomic mass is 35.5. The van der Waals surface area contributed by atoms with Gasteiger partial charge in [0.1, 0.15) is 5.75 Å². The molecule has 0 saturated heterocycles. The summed E-state index contributed by atoms with van der Waals surface area (Å²) in [4.78, 5) is 0. The Kier molecular flexibility index (Phi) is 4.86. The zero-order valence-electron chi connectivity index (χ0n) is 12.4. The number of rotatable bonds is 4. The van der Waals surface area contributed by atoms with Crippen LogP contribution in [0.25, 0.3) is 0 Å². The molecule has 0 aromatic heterocycles. The van der Waals surface area contributed by atoms with Crippen LogP contribution in [0.2, 0.25) is 5.02 Å². The molecule has 4 heteroatoms. The number of para-hydroxylation sites is 1. The minimum atomic E-state index is -0.377. The van der Waals surface area contributed by atoms with Crippen LogP contribution in [0.15, 0.2) is 42.5 Å². The third-order valence-corrected chi connectivity index (χ3v) is 3.14. The van der Waals surface area contributed by atoms with E-state index in [0.29, 0.717) is 17.3 Å². The smallest absolute Gasteiger partial charge is 0.167 e. The maximum absolute atomic E-state index is 14.1. The number of halogens is 2. The van der Waals surface area contributed by atoms with E-state index in [1.165, 1.54) is 6.07 Å². The van der Waals surface area contributed by atoms with E-state index < -0.39 is 0 Å². The van der Waals surface area contributed by atoms with E-state index >= 15 is 0 Å². The van der Waals surface area contributed by atoms with Gasteiger partial charge in [-0.05, 0) is 51.1 Å². The van der Waals surface area contributed by atoms with Gasteiger partial charge in [0.15, 0.2) is 11.6 Å². The third-order valence-electron chi connectivity index (χ3n) is 2.89. The summed E-state index contributed by atoms with van der Waals surface area (Å²) in [7, 11) is 0. The van der Waals surface area contributed by atoms with Gasteiger partial charge in [-0.15, -0.1) is 0 Å². The molecule has 0 aliphatic carbocycles. The molecule has 0 saturated carbocycles. The first-order valence-corrected chi connectivity index (χ1v) is 7.19. The summed E-state index contributed by atoms with van der Waals surface area (Å²) < 4.78 is 19.7. The summed E-state index contributed by atoms with van der Waals surface area (Å²) in [6.45, 7) is 6.72. The Hall–Kier alpha value is -1.58. The first kappa shape index (κ1) is 15.8. The number of hydrogen-bond donors (Lipinski definition) is 1. The zero-order valence-corrected chi connectivity index (χ0v) is 13.2. The van der Waals surface area contributed by atoms with E-state index in [2.05, 4.69) is 26.1 Å². The molecular weight excluding hydrogens is 289 g/mol. The van der Waals surface area contributed by atoms with Crippen LogP contribution >= 0.6 is 11.6 Å². The van der Waals surface area contributed by atoms with E-state index in [1.807, 2.05) is 6.07 Å². The van der Waals surface area contributed by atoms with Crippen molar-refractivity contribution in [1.29, 1.82) is 0 Å². The summed E-state index contributed by atoms with van der Waals surface area (Å²) in [5, 5.41) is 3.95. The van der Waals surface area contributed by atoms with E-state index in [0.717, 1.165) is 5.56 Å². The Labute approximate surface area is 129 Å². The molecule has 0 aliphatic heterocycles. The lowest BCUT2D eigenvalue weighted by Gasteiger charge is -2.21.